The summed E-state index contributed by atoms with van der Waals surface area (Å²) in [5.41, 5.74) is 2.44. The quantitative estimate of drug-likeness (QED) is 0.437. The number of benzene rings is 2. The predicted molar refractivity (Wildman–Crippen MR) is 133 cm³/mol. The molecule has 0 saturated heterocycles. The second kappa shape index (κ2) is 11.0. The van der Waals surface area contributed by atoms with Gasteiger partial charge in [0.05, 0.1) is 5.52 Å². The van der Waals surface area contributed by atoms with Crippen molar-refractivity contribution in [2.75, 3.05) is 10.6 Å². The lowest BCUT2D eigenvalue weighted by Crippen LogP contribution is -2.08. The third-order valence-electron chi connectivity index (χ3n) is 5.60. The van der Waals surface area contributed by atoms with Crippen LogP contribution >= 0.6 is 11.8 Å². The summed E-state index contributed by atoms with van der Waals surface area (Å²) in [4.78, 5) is 21.9. The monoisotopic (exact) mass is 444 g/mol. The van der Waals surface area contributed by atoms with Crippen LogP contribution in [-0.4, -0.2) is 21.1 Å². The molecule has 2 aromatic carbocycles. The van der Waals surface area contributed by atoms with Crippen LogP contribution in [0.15, 0.2) is 53.7 Å². The maximum atomic E-state index is 11.8. The third-order valence-corrected chi connectivity index (χ3v) is 6.95. The summed E-state index contributed by atoms with van der Waals surface area (Å²) < 4.78 is 0. The average Bonchev–Trinajstić information content (AvgIpc) is 2.77. The van der Waals surface area contributed by atoms with E-state index in [-0.39, 0.29) is 5.91 Å². The highest BCUT2D eigenvalue weighted by atomic mass is 32.2. The maximum absolute atomic E-state index is 11.8. The van der Waals surface area contributed by atoms with E-state index < -0.39 is 0 Å². The van der Waals surface area contributed by atoms with Crippen molar-refractivity contribution in [1.82, 2.24) is 9.97 Å². The molecular formula is C26H28N4OS. The van der Waals surface area contributed by atoms with Crippen LogP contribution in [0.3, 0.4) is 0 Å². The zero-order valence-corrected chi connectivity index (χ0v) is 19.2. The Hall–Kier alpha value is -3.04. The largest absolute Gasteiger partial charge is 0.340 e. The normalized spacial score (nSPS) is 14.7. The lowest BCUT2D eigenvalue weighted by atomic mass is 10.0. The molecule has 32 heavy (non-hydrogen) atoms. The molecule has 164 valence electrons. The summed E-state index contributed by atoms with van der Waals surface area (Å²) in [5, 5.41) is 7.75. The Balaban J connectivity index is 1.47. The number of hydrogen-bond acceptors (Lipinski definition) is 5. The molecule has 0 aliphatic heterocycles. The number of fused-ring (bicyclic) bond motifs is 1. The number of nitrogens with zero attached hydrogens (tertiary/aromatic N) is 2. The minimum atomic E-state index is -0.337. The molecule has 2 N–H and O–H groups in total. The Morgan fingerprint density at radius 3 is 2.44 bits per heavy atom. The van der Waals surface area contributed by atoms with E-state index in [1.165, 1.54) is 49.8 Å². The molecule has 1 saturated carbocycles. The van der Waals surface area contributed by atoms with Crippen LogP contribution in [0, 0.1) is 11.8 Å². The molecule has 0 radical (unpaired) electrons. The molecule has 0 spiro atoms. The molecule has 0 atom stereocenters. The standard InChI is InChI=1S/C26H28N4OS/c1-2-8-25(31)29-20-13-16-24-23(17-20)26(28-18-27-24)30-19-11-14-22(15-12-19)32-21-9-6-4-3-5-7-10-21/h11-18,21H,3-7,9-10H2,1H3,(H,29,31)(H,27,28,30). The van der Waals surface area contributed by atoms with Crippen LogP contribution in [0.2, 0.25) is 0 Å². The van der Waals surface area contributed by atoms with E-state index in [0.717, 1.165) is 21.8 Å². The van der Waals surface area contributed by atoms with Crippen LogP contribution in [-0.2, 0) is 4.79 Å². The van der Waals surface area contributed by atoms with Crippen LogP contribution in [0.25, 0.3) is 10.9 Å². The molecule has 5 nitrogen and oxygen atoms in total. The van der Waals surface area contributed by atoms with Gasteiger partial charge in [-0.15, -0.1) is 11.8 Å². The van der Waals surface area contributed by atoms with E-state index in [2.05, 4.69) is 56.7 Å². The highest BCUT2D eigenvalue weighted by molar-refractivity contribution is 8.00. The number of amides is 1. The topological polar surface area (TPSA) is 66.9 Å². The van der Waals surface area contributed by atoms with E-state index in [1.54, 1.807) is 13.3 Å². The van der Waals surface area contributed by atoms with Crippen LogP contribution < -0.4 is 10.6 Å². The van der Waals surface area contributed by atoms with Gasteiger partial charge in [0.2, 0.25) is 0 Å². The third kappa shape index (κ3) is 6.02. The average molecular weight is 445 g/mol. The van der Waals surface area contributed by atoms with Gasteiger partial charge in [0.15, 0.2) is 0 Å². The predicted octanol–water partition coefficient (Wildman–Crippen LogP) is 6.54. The van der Waals surface area contributed by atoms with Crippen molar-refractivity contribution in [2.24, 2.45) is 0 Å². The maximum Gasteiger partial charge on any atom is 0.300 e. The van der Waals surface area contributed by atoms with Gasteiger partial charge in [-0.05, 0) is 68.2 Å². The summed E-state index contributed by atoms with van der Waals surface area (Å²) in [6.45, 7) is 1.64. The molecule has 3 aromatic rings. The van der Waals surface area contributed by atoms with Crippen molar-refractivity contribution >= 4 is 45.8 Å². The highest BCUT2D eigenvalue weighted by Gasteiger charge is 2.13. The summed E-state index contributed by atoms with van der Waals surface area (Å²) >= 11 is 2.01. The zero-order valence-electron chi connectivity index (χ0n) is 18.4. The molecule has 0 unspecified atom stereocenters. The molecule has 0 bridgehead atoms. The molecule has 1 aromatic heterocycles. The van der Waals surface area contributed by atoms with E-state index in [9.17, 15) is 4.79 Å². The van der Waals surface area contributed by atoms with Crippen molar-refractivity contribution < 1.29 is 4.79 Å². The Morgan fingerprint density at radius 2 is 1.69 bits per heavy atom. The number of hydrogen-bond donors (Lipinski definition) is 2. The van der Waals surface area contributed by atoms with Gasteiger partial charge in [-0.3, -0.25) is 4.79 Å². The summed E-state index contributed by atoms with van der Waals surface area (Å²) in [6.07, 6.45) is 11.0. The molecule has 1 aliphatic carbocycles. The van der Waals surface area contributed by atoms with E-state index in [0.29, 0.717) is 11.5 Å². The summed E-state index contributed by atoms with van der Waals surface area (Å²) in [5.74, 6) is 5.46. The summed E-state index contributed by atoms with van der Waals surface area (Å²) in [6, 6.07) is 14.1. The van der Waals surface area contributed by atoms with Crippen molar-refractivity contribution in [3.63, 3.8) is 0 Å². The number of nitrogens with one attached hydrogen (secondary N) is 2. The molecule has 6 heteroatoms. The molecule has 1 aliphatic rings. The molecular weight excluding hydrogens is 416 g/mol. The van der Waals surface area contributed by atoms with Crippen molar-refractivity contribution in [1.29, 1.82) is 0 Å². The minimum Gasteiger partial charge on any atom is -0.340 e. The Kier molecular flexibility index (Phi) is 7.63. The van der Waals surface area contributed by atoms with Crippen LogP contribution in [0.1, 0.15) is 51.9 Å². The zero-order chi connectivity index (χ0) is 22.2. The van der Waals surface area contributed by atoms with Gasteiger partial charge in [0.25, 0.3) is 5.91 Å². The lowest BCUT2D eigenvalue weighted by Gasteiger charge is -2.19. The van der Waals surface area contributed by atoms with Crippen molar-refractivity contribution in [3.8, 4) is 11.8 Å². The Labute approximate surface area is 193 Å². The van der Waals surface area contributed by atoms with Crippen molar-refractivity contribution in [3.05, 3.63) is 48.8 Å². The Bertz CT molecular complexity index is 1130. The first-order chi connectivity index (χ1) is 15.7. The van der Waals surface area contributed by atoms with Gasteiger partial charge >= 0.3 is 0 Å². The van der Waals surface area contributed by atoms with Gasteiger partial charge in [0, 0.05) is 26.9 Å². The highest BCUT2D eigenvalue weighted by Crippen LogP contribution is 2.33. The Morgan fingerprint density at radius 1 is 0.969 bits per heavy atom. The SMILES string of the molecule is CC#CC(=O)Nc1ccc2ncnc(Nc3ccc(SC4CCCCCCC4)cc3)c2c1. The van der Waals surface area contributed by atoms with E-state index >= 15 is 0 Å². The number of aromatic nitrogens is 2. The first kappa shape index (κ1) is 22.2. The van der Waals surface area contributed by atoms with Gasteiger partial charge in [-0.1, -0.05) is 38.0 Å². The van der Waals surface area contributed by atoms with Crippen LogP contribution in [0.4, 0.5) is 17.2 Å². The molecule has 1 amide bonds. The van der Waals surface area contributed by atoms with Gasteiger partial charge in [-0.25, -0.2) is 9.97 Å². The fourth-order valence-electron chi connectivity index (χ4n) is 3.99. The number of anilines is 3. The fourth-order valence-corrected chi connectivity index (χ4v) is 5.24. The van der Waals surface area contributed by atoms with E-state index in [4.69, 9.17) is 0 Å². The second-order valence-electron chi connectivity index (χ2n) is 8.02. The number of carbonyl (C=O) groups is 1. The van der Waals surface area contributed by atoms with Crippen LogP contribution in [0.5, 0.6) is 0 Å². The summed E-state index contributed by atoms with van der Waals surface area (Å²) in [7, 11) is 0. The van der Waals surface area contributed by atoms with Crippen molar-refractivity contribution in [2.45, 2.75) is 62.0 Å². The first-order valence-corrected chi connectivity index (χ1v) is 12.1. The number of rotatable bonds is 5. The molecule has 1 heterocycles. The van der Waals surface area contributed by atoms with Gasteiger partial charge in [0.1, 0.15) is 12.1 Å². The van der Waals surface area contributed by atoms with E-state index in [1.807, 2.05) is 30.0 Å². The first-order valence-electron chi connectivity index (χ1n) is 11.2. The fraction of sp³-hybridized carbons (Fsp3) is 0.346. The smallest absolute Gasteiger partial charge is 0.300 e. The molecule has 4 rings (SSSR count). The molecule has 1 fully saturated rings. The second-order valence-corrected chi connectivity index (χ2v) is 9.39. The lowest BCUT2D eigenvalue weighted by molar-refractivity contribution is -0.111. The number of thioether (sulfide) groups is 1. The van der Waals surface area contributed by atoms with Gasteiger partial charge < -0.3 is 10.6 Å². The minimum absolute atomic E-state index is 0.337. The number of carbonyl (C=O) groups excluding carboxylic acids is 1. The van der Waals surface area contributed by atoms with Gasteiger partial charge in [-0.2, -0.15) is 0 Å².